The van der Waals surface area contributed by atoms with Crippen molar-refractivity contribution in [3.63, 3.8) is 0 Å². The van der Waals surface area contributed by atoms with Gasteiger partial charge in [0.25, 0.3) is 0 Å². The zero-order valence-electron chi connectivity index (χ0n) is 16.7. The first-order valence-corrected chi connectivity index (χ1v) is 9.26. The molecule has 0 aliphatic carbocycles. The zero-order chi connectivity index (χ0) is 20.9. The first kappa shape index (κ1) is 20.4. The first-order valence-electron chi connectivity index (χ1n) is 9.26. The number of carboxylic acids is 1. The first-order chi connectivity index (χ1) is 14.0. The van der Waals surface area contributed by atoms with Crippen LogP contribution in [0.3, 0.4) is 0 Å². The monoisotopic (exact) mass is 392 g/mol. The molecule has 0 fully saturated rings. The number of hydrogen-bond donors (Lipinski definition) is 1. The summed E-state index contributed by atoms with van der Waals surface area (Å²) in [5, 5.41) is 9.59. The zero-order valence-corrected chi connectivity index (χ0v) is 16.7. The van der Waals surface area contributed by atoms with Crippen molar-refractivity contribution in [2.45, 2.75) is 18.6 Å². The van der Waals surface area contributed by atoms with E-state index in [9.17, 15) is 9.90 Å². The highest BCUT2D eigenvalue weighted by Gasteiger charge is 2.40. The van der Waals surface area contributed by atoms with Crippen molar-refractivity contribution in [3.8, 4) is 11.5 Å². The molecule has 3 aromatic rings. The molecule has 1 unspecified atom stereocenters. The Morgan fingerprint density at radius 1 is 0.759 bits per heavy atom. The van der Waals surface area contributed by atoms with Gasteiger partial charge in [0.15, 0.2) is 6.10 Å². The summed E-state index contributed by atoms with van der Waals surface area (Å²) in [6.45, 7) is 1.53. The van der Waals surface area contributed by atoms with Gasteiger partial charge in [0.2, 0.25) is 0 Å². The SMILES string of the molecule is COc1ccc(C(OC(C)C(=O)O)(c2ccccc2)c2ccc(OC)cc2)cc1. The molecular weight excluding hydrogens is 368 g/mol. The van der Waals surface area contributed by atoms with Crippen LogP contribution in [0.25, 0.3) is 0 Å². The van der Waals surface area contributed by atoms with Crippen LogP contribution in [0.2, 0.25) is 0 Å². The van der Waals surface area contributed by atoms with Crippen molar-refractivity contribution in [2.24, 2.45) is 0 Å². The minimum atomic E-state index is -1.13. The van der Waals surface area contributed by atoms with Gasteiger partial charge in [-0.15, -0.1) is 0 Å². The van der Waals surface area contributed by atoms with E-state index in [-0.39, 0.29) is 0 Å². The van der Waals surface area contributed by atoms with E-state index in [2.05, 4.69) is 0 Å². The highest BCUT2D eigenvalue weighted by Crippen LogP contribution is 2.42. The van der Waals surface area contributed by atoms with Crippen LogP contribution in [0.5, 0.6) is 11.5 Å². The van der Waals surface area contributed by atoms with E-state index in [0.29, 0.717) is 11.5 Å². The van der Waals surface area contributed by atoms with Gasteiger partial charge in [-0.2, -0.15) is 0 Å². The molecule has 0 amide bonds. The molecule has 3 rings (SSSR count). The molecule has 1 N–H and O–H groups in total. The van der Waals surface area contributed by atoms with Gasteiger partial charge in [-0.1, -0.05) is 54.6 Å². The van der Waals surface area contributed by atoms with Crippen LogP contribution < -0.4 is 9.47 Å². The largest absolute Gasteiger partial charge is 0.497 e. The average Bonchev–Trinajstić information content (AvgIpc) is 2.78. The van der Waals surface area contributed by atoms with E-state index in [0.717, 1.165) is 16.7 Å². The molecule has 29 heavy (non-hydrogen) atoms. The summed E-state index contributed by atoms with van der Waals surface area (Å²) in [6, 6.07) is 24.5. The number of ether oxygens (including phenoxy) is 3. The van der Waals surface area contributed by atoms with Crippen LogP contribution in [0.1, 0.15) is 23.6 Å². The maximum Gasteiger partial charge on any atom is 0.332 e. The van der Waals surface area contributed by atoms with Crippen molar-refractivity contribution >= 4 is 5.97 Å². The summed E-state index contributed by atoms with van der Waals surface area (Å²) in [5.74, 6) is 0.376. The molecule has 1 atom stereocenters. The molecule has 0 aromatic heterocycles. The van der Waals surface area contributed by atoms with E-state index in [1.54, 1.807) is 14.2 Å². The molecule has 0 aliphatic rings. The molecule has 0 heterocycles. The van der Waals surface area contributed by atoms with Gasteiger partial charge >= 0.3 is 5.97 Å². The fourth-order valence-corrected chi connectivity index (χ4v) is 3.34. The third-order valence-corrected chi connectivity index (χ3v) is 4.87. The molecule has 5 heteroatoms. The van der Waals surface area contributed by atoms with Gasteiger partial charge in [-0.25, -0.2) is 4.79 Å². The van der Waals surface area contributed by atoms with E-state index in [1.165, 1.54) is 6.92 Å². The van der Waals surface area contributed by atoms with Gasteiger partial charge in [0.1, 0.15) is 17.1 Å². The Labute approximate surface area is 170 Å². The lowest BCUT2D eigenvalue weighted by molar-refractivity contribution is -0.156. The van der Waals surface area contributed by atoms with Crippen LogP contribution in [0, 0.1) is 0 Å². The Balaban J connectivity index is 2.28. The average molecular weight is 392 g/mol. The quantitative estimate of drug-likeness (QED) is 0.573. The van der Waals surface area contributed by atoms with Crippen LogP contribution in [0.15, 0.2) is 78.9 Å². The van der Waals surface area contributed by atoms with Gasteiger partial charge in [-0.3, -0.25) is 0 Å². The minimum Gasteiger partial charge on any atom is -0.497 e. The molecule has 0 saturated carbocycles. The van der Waals surface area contributed by atoms with Gasteiger partial charge in [0, 0.05) is 0 Å². The Hall–Kier alpha value is -3.31. The minimum absolute atomic E-state index is 0.705. The number of carbonyl (C=O) groups is 1. The third-order valence-electron chi connectivity index (χ3n) is 4.87. The number of rotatable bonds is 8. The summed E-state index contributed by atoms with van der Waals surface area (Å²) in [6.07, 6.45) is -1.04. The molecule has 5 nitrogen and oxygen atoms in total. The van der Waals surface area contributed by atoms with Crippen molar-refractivity contribution in [2.75, 3.05) is 14.2 Å². The Morgan fingerprint density at radius 3 is 1.55 bits per heavy atom. The molecule has 150 valence electrons. The molecule has 3 aromatic carbocycles. The standard InChI is InChI=1S/C24H24O5/c1-17(23(25)26)29-24(18-7-5-4-6-8-18,19-9-13-21(27-2)14-10-19)20-11-15-22(28-3)16-12-20/h4-17H,1-3H3,(H,25,26). The smallest absolute Gasteiger partial charge is 0.332 e. The van der Waals surface area contributed by atoms with Crippen molar-refractivity contribution in [1.82, 2.24) is 0 Å². The van der Waals surface area contributed by atoms with Crippen molar-refractivity contribution < 1.29 is 24.1 Å². The van der Waals surface area contributed by atoms with Crippen molar-refractivity contribution in [1.29, 1.82) is 0 Å². The summed E-state index contributed by atoms with van der Waals surface area (Å²) < 4.78 is 16.9. The molecule has 0 spiro atoms. The predicted molar refractivity (Wildman–Crippen MR) is 110 cm³/mol. The fraction of sp³-hybridized carbons (Fsp3) is 0.208. The van der Waals surface area contributed by atoms with E-state index >= 15 is 0 Å². The van der Waals surface area contributed by atoms with Gasteiger partial charge < -0.3 is 19.3 Å². The summed E-state index contributed by atoms with van der Waals surface area (Å²) >= 11 is 0. The second-order valence-corrected chi connectivity index (χ2v) is 6.60. The molecule has 0 radical (unpaired) electrons. The highest BCUT2D eigenvalue weighted by atomic mass is 16.5. The fourth-order valence-electron chi connectivity index (χ4n) is 3.34. The summed E-state index contributed by atoms with van der Waals surface area (Å²) in [4.78, 5) is 11.7. The lowest BCUT2D eigenvalue weighted by Gasteiger charge is -2.37. The van der Waals surface area contributed by atoms with Gasteiger partial charge in [0.05, 0.1) is 14.2 Å². The van der Waals surface area contributed by atoms with Crippen LogP contribution in [-0.2, 0) is 15.1 Å². The van der Waals surface area contributed by atoms with Crippen LogP contribution in [0.4, 0.5) is 0 Å². The molecule has 0 saturated heterocycles. The lowest BCUT2D eigenvalue weighted by Crippen LogP contribution is -2.38. The maximum absolute atomic E-state index is 11.7. The maximum atomic E-state index is 11.7. The predicted octanol–water partition coefficient (Wildman–Crippen LogP) is 4.49. The lowest BCUT2D eigenvalue weighted by atomic mass is 9.79. The number of hydrogen-bond acceptors (Lipinski definition) is 4. The molecule has 0 aliphatic heterocycles. The number of methoxy groups -OCH3 is 2. The Morgan fingerprint density at radius 2 is 1.17 bits per heavy atom. The second kappa shape index (κ2) is 8.80. The van der Waals surface area contributed by atoms with Crippen molar-refractivity contribution in [3.05, 3.63) is 95.6 Å². The van der Waals surface area contributed by atoms with Crippen LogP contribution >= 0.6 is 0 Å². The highest BCUT2D eigenvalue weighted by molar-refractivity contribution is 5.72. The number of benzene rings is 3. The van der Waals surface area contributed by atoms with E-state index < -0.39 is 17.7 Å². The summed E-state index contributed by atoms with van der Waals surface area (Å²) in [7, 11) is 3.21. The summed E-state index contributed by atoms with van der Waals surface area (Å²) in [5.41, 5.74) is 1.28. The molecule has 0 bridgehead atoms. The third kappa shape index (κ3) is 4.10. The number of carboxylic acid groups (broad SMARTS) is 1. The Kier molecular flexibility index (Phi) is 6.20. The van der Waals surface area contributed by atoms with E-state index in [1.807, 2.05) is 78.9 Å². The van der Waals surface area contributed by atoms with E-state index in [4.69, 9.17) is 14.2 Å². The molecular formula is C24H24O5. The Bertz CT molecular complexity index is 886. The number of aliphatic carboxylic acids is 1. The topological polar surface area (TPSA) is 65.0 Å². The van der Waals surface area contributed by atoms with Gasteiger partial charge in [-0.05, 0) is 47.9 Å². The second-order valence-electron chi connectivity index (χ2n) is 6.60. The normalized spacial score (nSPS) is 12.2. The van der Waals surface area contributed by atoms with Crippen LogP contribution in [-0.4, -0.2) is 31.4 Å².